The summed E-state index contributed by atoms with van der Waals surface area (Å²) in [5.41, 5.74) is 4.25. The van der Waals surface area contributed by atoms with Crippen LogP contribution in [0.15, 0.2) is 67.4 Å². The minimum atomic E-state index is -5.06. The first-order valence-electron chi connectivity index (χ1n) is 8.12. The van der Waals surface area contributed by atoms with Crippen LogP contribution in [-0.4, -0.2) is 44.0 Å². The van der Waals surface area contributed by atoms with Gasteiger partial charge in [-0.25, -0.2) is 0 Å². The second-order valence-corrected chi connectivity index (χ2v) is 10.5. The molecule has 0 amide bonds. The van der Waals surface area contributed by atoms with Gasteiger partial charge in [0, 0.05) is 11.1 Å². The van der Waals surface area contributed by atoms with Gasteiger partial charge in [-0.1, -0.05) is 0 Å². The molecule has 0 radical (unpaired) electrons. The van der Waals surface area contributed by atoms with Crippen molar-refractivity contribution < 1.29 is 44.0 Å². The van der Waals surface area contributed by atoms with Crippen LogP contribution in [-0.2, 0) is 30.4 Å². The molecular formula is C16H13N3O10S3. The van der Waals surface area contributed by atoms with Gasteiger partial charge in [0.05, 0.1) is 4.90 Å². The average Bonchev–Trinajstić information content (AvgIpc) is 2.64. The highest BCUT2D eigenvalue weighted by Crippen LogP contribution is 2.42. The van der Waals surface area contributed by atoms with Gasteiger partial charge in [-0.2, -0.15) is 25.3 Å². The molecule has 0 unspecified atom stereocenters. The van der Waals surface area contributed by atoms with Gasteiger partial charge in [0.15, 0.2) is 5.75 Å². The molecule has 0 atom stereocenters. The summed E-state index contributed by atoms with van der Waals surface area (Å²) in [6.07, 6.45) is 0. The lowest BCUT2D eigenvalue weighted by Crippen LogP contribution is -2.01. The molecule has 0 heterocycles. The molecule has 170 valence electrons. The summed E-state index contributed by atoms with van der Waals surface area (Å²) in [7, 11) is -14.5. The first-order chi connectivity index (χ1) is 14.6. The van der Waals surface area contributed by atoms with Crippen molar-refractivity contribution in [3.8, 4) is 5.75 Å². The van der Waals surface area contributed by atoms with E-state index in [2.05, 4.69) is 10.2 Å². The highest BCUT2D eigenvalue weighted by Gasteiger charge is 2.24. The summed E-state index contributed by atoms with van der Waals surface area (Å²) in [5, 5.41) is 17.2. The predicted molar refractivity (Wildman–Crippen MR) is 110 cm³/mol. The van der Waals surface area contributed by atoms with Gasteiger partial charge in [0.2, 0.25) is 0 Å². The van der Waals surface area contributed by atoms with E-state index in [0.717, 1.165) is 42.5 Å². The van der Waals surface area contributed by atoms with Crippen LogP contribution >= 0.6 is 0 Å². The zero-order chi connectivity index (χ0) is 24.1. The SMILES string of the molecule is Nc1ccc(S(=O)(=O)O)c(N=Nc2c(S(=O)(=O)O)cc3cc(S(=O)(=O)O)ccc3c2O)c1. The highest BCUT2D eigenvalue weighted by atomic mass is 32.2. The third-order valence-corrected chi connectivity index (χ3v) is 6.73. The second kappa shape index (κ2) is 7.76. The molecule has 0 aliphatic carbocycles. The van der Waals surface area contributed by atoms with Gasteiger partial charge >= 0.3 is 0 Å². The zero-order valence-corrected chi connectivity index (χ0v) is 17.9. The molecule has 3 aromatic rings. The summed E-state index contributed by atoms with van der Waals surface area (Å²) in [4.78, 5) is -2.34. The number of fused-ring (bicyclic) bond motifs is 1. The number of nitrogens with two attached hydrogens (primary N) is 1. The maximum atomic E-state index is 11.8. The summed E-state index contributed by atoms with van der Waals surface area (Å²) < 4.78 is 97.4. The first kappa shape index (κ1) is 23.5. The van der Waals surface area contributed by atoms with Crippen LogP contribution in [0.1, 0.15) is 0 Å². The Kier molecular flexibility index (Phi) is 5.71. The summed E-state index contributed by atoms with van der Waals surface area (Å²) in [6, 6.07) is 6.61. The van der Waals surface area contributed by atoms with Gasteiger partial charge in [-0.15, -0.1) is 10.2 Å². The third kappa shape index (κ3) is 4.69. The van der Waals surface area contributed by atoms with Crippen molar-refractivity contribution in [2.75, 3.05) is 5.73 Å². The van der Waals surface area contributed by atoms with E-state index in [1.54, 1.807) is 0 Å². The van der Waals surface area contributed by atoms with Crippen molar-refractivity contribution >= 4 is 58.2 Å². The van der Waals surface area contributed by atoms with Crippen molar-refractivity contribution in [3.63, 3.8) is 0 Å². The van der Waals surface area contributed by atoms with E-state index < -0.39 is 62.2 Å². The Morgan fingerprint density at radius 1 is 0.719 bits per heavy atom. The number of benzene rings is 3. The molecule has 16 heteroatoms. The van der Waals surface area contributed by atoms with Crippen LogP contribution in [0.3, 0.4) is 0 Å². The van der Waals surface area contributed by atoms with Crippen molar-refractivity contribution in [3.05, 3.63) is 42.5 Å². The molecule has 0 bridgehead atoms. The van der Waals surface area contributed by atoms with Gasteiger partial charge in [0.25, 0.3) is 30.4 Å². The number of azo groups is 1. The van der Waals surface area contributed by atoms with Gasteiger partial charge in [-0.3, -0.25) is 13.7 Å². The number of anilines is 1. The molecule has 32 heavy (non-hydrogen) atoms. The Morgan fingerprint density at radius 2 is 1.34 bits per heavy atom. The van der Waals surface area contributed by atoms with E-state index in [1.165, 1.54) is 0 Å². The lowest BCUT2D eigenvalue weighted by molar-refractivity contribution is 0.471. The quantitative estimate of drug-likeness (QED) is 0.192. The maximum Gasteiger partial charge on any atom is 0.296 e. The Balaban J connectivity index is 2.32. The fourth-order valence-corrected chi connectivity index (χ4v) is 4.50. The number of aromatic hydroxyl groups is 1. The zero-order valence-electron chi connectivity index (χ0n) is 15.5. The standard InChI is InChI=1S/C16H13N3O10S3/c17-9-1-4-13(31(24,25)26)12(7-9)18-19-15-14(32(27,28)29)6-8-5-10(30(21,22)23)2-3-11(8)16(15)20/h1-7,20H,17H2,(H,21,22,23)(H,24,25,26)(H,27,28,29). The largest absolute Gasteiger partial charge is 0.505 e. The lowest BCUT2D eigenvalue weighted by Gasteiger charge is -2.10. The maximum absolute atomic E-state index is 11.8. The van der Waals surface area contributed by atoms with Crippen LogP contribution in [0.5, 0.6) is 5.75 Å². The van der Waals surface area contributed by atoms with Crippen molar-refractivity contribution in [1.29, 1.82) is 0 Å². The molecule has 0 aliphatic heterocycles. The number of hydrogen-bond acceptors (Lipinski definition) is 10. The van der Waals surface area contributed by atoms with Crippen molar-refractivity contribution in [1.82, 2.24) is 0 Å². The molecule has 3 rings (SSSR count). The molecule has 13 nitrogen and oxygen atoms in total. The van der Waals surface area contributed by atoms with Crippen LogP contribution in [0.25, 0.3) is 10.8 Å². The molecule has 0 saturated carbocycles. The number of rotatable bonds is 5. The van der Waals surface area contributed by atoms with Crippen molar-refractivity contribution in [2.24, 2.45) is 10.2 Å². The monoisotopic (exact) mass is 503 g/mol. The summed E-state index contributed by atoms with van der Waals surface area (Å²) in [5.74, 6) is -0.863. The molecular weight excluding hydrogens is 490 g/mol. The average molecular weight is 503 g/mol. The summed E-state index contributed by atoms with van der Waals surface area (Å²) >= 11 is 0. The van der Waals surface area contributed by atoms with Gasteiger partial charge in [0.1, 0.15) is 21.2 Å². The molecule has 0 fully saturated rings. The van der Waals surface area contributed by atoms with E-state index in [1.807, 2.05) is 0 Å². The Labute approximate surface area is 181 Å². The topological polar surface area (TPSA) is 234 Å². The fourth-order valence-electron chi connectivity index (χ4n) is 2.72. The first-order valence-corrected chi connectivity index (χ1v) is 12.4. The van der Waals surface area contributed by atoms with E-state index in [9.17, 15) is 39.5 Å². The van der Waals surface area contributed by atoms with Crippen LogP contribution < -0.4 is 5.73 Å². The van der Waals surface area contributed by atoms with E-state index in [4.69, 9.17) is 10.3 Å². The number of phenolic OH excluding ortho intramolecular Hbond substituents is 1. The molecule has 3 aromatic carbocycles. The van der Waals surface area contributed by atoms with E-state index in [0.29, 0.717) is 0 Å². The number of nitrogens with zero attached hydrogens (tertiary/aromatic N) is 2. The molecule has 0 saturated heterocycles. The lowest BCUT2D eigenvalue weighted by atomic mass is 10.1. The molecule has 0 aromatic heterocycles. The number of phenols is 1. The number of nitrogen functional groups attached to an aromatic ring is 1. The normalized spacial score (nSPS) is 13.1. The van der Waals surface area contributed by atoms with Gasteiger partial charge in [-0.05, 0) is 47.9 Å². The Bertz CT molecular complexity index is 1610. The van der Waals surface area contributed by atoms with Crippen LogP contribution in [0, 0.1) is 0 Å². The predicted octanol–water partition coefficient (Wildman–Crippen LogP) is 2.28. The highest BCUT2D eigenvalue weighted by molar-refractivity contribution is 7.86. The second-order valence-electron chi connectivity index (χ2n) is 6.31. The van der Waals surface area contributed by atoms with Crippen molar-refractivity contribution in [2.45, 2.75) is 14.7 Å². The summed E-state index contributed by atoms with van der Waals surface area (Å²) in [6.45, 7) is 0. The Hall–Kier alpha value is -3.15. The Morgan fingerprint density at radius 3 is 1.91 bits per heavy atom. The van der Waals surface area contributed by atoms with Crippen LogP contribution in [0.4, 0.5) is 17.1 Å². The molecule has 6 N–H and O–H groups in total. The minimum absolute atomic E-state index is 0.0156. The number of hydrogen-bond donors (Lipinski definition) is 5. The smallest absolute Gasteiger partial charge is 0.296 e. The molecule has 0 aliphatic rings. The van der Waals surface area contributed by atoms with Gasteiger partial charge < -0.3 is 10.8 Å². The minimum Gasteiger partial charge on any atom is -0.505 e. The molecule has 0 spiro atoms. The third-order valence-electron chi connectivity index (χ3n) is 4.12. The fraction of sp³-hybridized carbons (Fsp3) is 0. The van der Waals surface area contributed by atoms with Crippen LogP contribution in [0.2, 0.25) is 0 Å². The van der Waals surface area contributed by atoms with E-state index >= 15 is 0 Å². The van der Waals surface area contributed by atoms with E-state index in [-0.39, 0.29) is 16.5 Å².